The fraction of sp³-hybridized carbons (Fsp3) is 0.417. The Balaban J connectivity index is 2.43. The third kappa shape index (κ3) is 2.43. The minimum absolute atomic E-state index is 0.285. The van der Waals surface area contributed by atoms with E-state index in [1.54, 1.807) is 6.20 Å². The maximum Gasteiger partial charge on any atom is 0.222 e. The summed E-state index contributed by atoms with van der Waals surface area (Å²) >= 11 is 0. The zero-order valence-corrected chi connectivity index (χ0v) is 10.2. The SMILES string of the molecule is CCCCNc1nc(N)nc2c(C)ccnc12. The molecule has 0 saturated heterocycles. The zero-order valence-electron chi connectivity index (χ0n) is 10.2. The van der Waals surface area contributed by atoms with E-state index in [-0.39, 0.29) is 5.95 Å². The zero-order chi connectivity index (χ0) is 12.3. The third-order valence-corrected chi connectivity index (χ3v) is 2.63. The van der Waals surface area contributed by atoms with Gasteiger partial charge in [0.1, 0.15) is 5.52 Å². The van der Waals surface area contributed by atoms with Crippen molar-refractivity contribution in [3.05, 3.63) is 17.8 Å². The van der Waals surface area contributed by atoms with E-state index in [1.165, 1.54) is 0 Å². The highest BCUT2D eigenvalue weighted by molar-refractivity contribution is 5.88. The molecule has 0 unspecified atom stereocenters. The molecular weight excluding hydrogens is 214 g/mol. The summed E-state index contributed by atoms with van der Waals surface area (Å²) < 4.78 is 0. The van der Waals surface area contributed by atoms with Gasteiger partial charge in [-0.15, -0.1) is 0 Å². The van der Waals surface area contributed by atoms with Gasteiger partial charge in [0.05, 0.1) is 5.52 Å². The highest BCUT2D eigenvalue weighted by Gasteiger charge is 2.08. The quantitative estimate of drug-likeness (QED) is 0.788. The highest BCUT2D eigenvalue weighted by atomic mass is 15.1. The topological polar surface area (TPSA) is 76.7 Å². The van der Waals surface area contributed by atoms with Gasteiger partial charge in [-0.1, -0.05) is 13.3 Å². The molecule has 2 heterocycles. The van der Waals surface area contributed by atoms with Crippen LogP contribution < -0.4 is 11.1 Å². The number of hydrogen-bond acceptors (Lipinski definition) is 5. The molecule has 2 rings (SSSR count). The van der Waals surface area contributed by atoms with Gasteiger partial charge < -0.3 is 11.1 Å². The Morgan fingerprint density at radius 2 is 2.12 bits per heavy atom. The Labute approximate surface area is 100 Å². The van der Waals surface area contributed by atoms with Gasteiger partial charge in [0, 0.05) is 12.7 Å². The molecule has 0 bridgehead atoms. The van der Waals surface area contributed by atoms with Crippen LogP contribution >= 0.6 is 0 Å². The van der Waals surface area contributed by atoms with Crippen molar-refractivity contribution in [2.24, 2.45) is 0 Å². The summed E-state index contributed by atoms with van der Waals surface area (Å²) in [5, 5.41) is 3.26. The van der Waals surface area contributed by atoms with E-state index in [0.29, 0.717) is 0 Å². The number of nitrogens with two attached hydrogens (primary N) is 1. The number of nitrogens with one attached hydrogen (secondary N) is 1. The van der Waals surface area contributed by atoms with Gasteiger partial charge in [-0.2, -0.15) is 4.98 Å². The normalized spacial score (nSPS) is 10.7. The molecule has 90 valence electrons. The molecule has 0 aromatic carbocycles. The summed E-state index contributed by atoms with van der Waals surface area (Å²) in [5.41, 5.74) is 8.37. The van der Waals surface area contributed by atoms with E-state index >= 15 is 0 Å². The molecule has 0 aliphatic rings. The van der Waals surface area contributed by atoms with E-state index in [9.17, 15) is 0 Å². The predicted octanol–water partition coefficient (Wildman–Crippen LogP) is 2.13. The lowest BCUT2D eigenvalue weighted by atomic mass is 10.2. The monoisotopic (exact) mass is 231 g/mol. The van der Waals surface area contributed by atoms with E-state index in [1.807, 2.05) is 13.0 Å². The van der Waals surface area contributed by atoms with Crippen LogP contribution in [0, 0.1) is 6.92 Å². The fourth-order valence-electron chi connectivity index (χ4n) is 1.68. The van der Waals surface area contributed by atoms with Crippen LogP contribution in [0.4, 0.5) is 11.8 Å². The average Bonchev–Trinajstić information content (AvgIpc) is 2.31. The third-order valence-electron chi connectivity index (χ3n) is 2.63. The van der Waals surface area contributed by atoms with Gasteiger partial charge in [0.15, 0.2) is 5.82 Å². The highest BCUT2D eigenvalue weighted by Crippen LogP contribution is 2.21. The number of anilines is 2. The molecule has 3 N–H and O–H groups in total. The molecular formula is C12H17N5. The van der Waals surface area contributed by atoms with Crippen LogP contribution in [0.1, 0.15) is 25.3 Å². The molecule has 0 fully saturated rings. The molecule has 0 aliphatic carbocycles. The van der Waals surface area contributed by atoms with Gasteiger partial charge in [-0.3, -0.25) is 4.98 Å². The van der Waals surface area contributed by atoms with Gasteiger partial charge in [-0.05, 0) is 25.0 Å². The second kappa shape index (κ2) is 4.95. The minimum atomic E-state index is 0.285. The van der Waals surface area contributed by atoms with Gasteiger partial charge in [-0.25, -0.2) is 4.98 Å². The van der Waals surface area contributed by atoms with Crippen molar-refractivity contribution in [3.8, 4) is 0 Å². The lowest BCUT2D eigenvalue weighted by molar-refractivity contribution is 0.831. The van der Waals surface area contributed by atoms with Crippen LogP contribution in [-0.2, 0) is 0 Å². The molecule has 0 spiro atoms. The van der Waals surface area contributed by atoms with E-state index in [0.717, 1.165) is 41.8 Å². The van der Waals surface area contributed by atoms with Crippen molar-refractivity contribution in [3.63, 3.8) is 0 Å². The number of nitrogen functional groups attached to an aromatic ring is 1. The first-order valence-electron chi connectivity index (χ1n) is 5.85. The van der Waals surface area contributed by atoms with Crippen LogP contribution in [0.15, 0.2) is 12.3 Å². The van der Waals surface area contributed by atoms with Gasteiger partial charge in [0.2, 0.25) is 5.95 Å². The van der Waals surface area contributed by atoms with Crippen LogP contribution in [0.5, 0.6) is 0 Å². The maximum atomic E-state index is 5.71. The molecule has 5 nitrogen and oxygen atoms in total. The second-order valence-electron chi connectivity index (χ2n) is 4.04. The molecule has 0 amide bonds. The van der Waals surface area contributed by atoms with Crippen molar-refractivity contribution in [1.29, 1.82) is 0 Å². The Morgan fingerprint density at radius 1 is 1.29 bits per heavy atom. The van der Waals surface area contributed by atoms with Crippen LogP contribution in [0.2, 0.25) is 0 Å². The lowest BCUT2D eigenvalue weighted by Crippen LogP contribution is -2.07. The Kier molecular flexibility index (Phi) is 3.37. The van der Waals surface area contributed by atoms with Crippen LogP contribution in [0.3, 0.4) is 0 Å². The van der Waals surface area contributed by atoms with Crippen molar-refractivity contribution < 1.29 is 0 Å². The van der Waals surface area contributed by atoms with Crippen molar-refractivity contribution in [1.82, 2.24) is 15.0 Å². The number of fused-ring (bicyclic) bond motifs is 1. The smallest absolute Gasteiger partial charge is 0.222 e. The molecule has 5 heteroatoms. The van der Waals surface area contributed by atoms with Gasteiger partial charge >= 0.3 is 0 Å². The van der Waals surface area contributed by atoms with Crippen LogP contribution in [-0.4, -0.2) is 21.5 Å². The number of unbranched alkanes of at least 4 members (excludes halogenated alkanes) is 1. The maximum absolute atomic E-state index is 5.71. The van der Waals surface area contributed by atoms with E-state index in [4.69, 9.17) is 5.73 Å². The first-order valence-corrected chi connectivity index (χ1v) is 5.85. The van der Waals surface area contributed by atoms with E-state index < -0.39 is 0 Å². The number of hydrogen-bond donors (Lipinski definition) is 2. The predicted molar refractivity (Wildman–Crippen MR) is 69.9 cm³/mol. The van der Waals surface area contributed by atoms with Crippen molar-refractivity contribution in [2.75, 3.05) is 17.6 Å². The number of pyridine rings is 1. The minimum Gasteiger partial charge on any atom is -0.368 e. The molecule has 0 aliphatic heterocycles. The van der Waals surface area contributed by atoms with Gasteiger partial charge in [0.25, 0.3) is 0 Å². The van der Waals surface area contributed by atoms with Crippen molar-refractivity contribution >= 4 is 22.8 Å². The average molecular weight is 231 g/mol. The Bertz CT molecular complexity index is 524. The summed E-state index contributed by atoms with van der Waals surface area (Å²) in [6, 6.07) is 1.92. The number of nitrogens with zero attached hydrogens (tertiary/aromatic N) is 3. The molecule has 0 atom stereocenters. The van der Waals surface area contributed by atoms with Crippen molar-refractivity contribution in [2.45, 2.75) is 26.7 Å². The molecule has 0 radical (unpaired) electrons. The number of rotatable bonds is 4. The molecule has 0 saturated carbocycles. The molecule has 2 aromatic rings. The number of aromatic nitrogens is 3. The summed E-state index contributed by atoms with van der Waals surface area (Å²) in [6.45, 7) is 5.01. The summed E-state index contributed by atoms with van der Waals surface area (Å²) in [5.74, 6) is 1.01. The molecule has 2 aromatic heterocycles. The summed E-state index contributed by atoms with van der Waals surface area (Å²) in [4.78, 5) is 12.8. The van der Waals surface area contributed by atoms with E-state index in [2.05, 4.69) is 27.2 Å². The fourth-order valence-corrected chi connectivity index (χ4v) is 1.68. The Hall–Kier alpha value is -1.91. The standard InChI is InChI=1S/C12H17N5/c1-3-4-6-15-11-10-9(16-12(13)17-11)8(2)5-7-14-10/h5,7H,3-4,6H2,1-2H3,(H3,13,15,16,17). The van der Waals surface area contributed by atoms with Crippen LogP contribution in [0.25, 0.3) is 11.0 Å². The summed E-state index contributed by atoms with van der Waals surface area (Å²) in [7, 11) is 0. The summed E-state index contributed by atoms with van der Waals surface area (Å²) in [6.07, 6.45) is 4.00. The first kappa shape index (κ1) is 11.6. The number of aryl methyl sites for hydroxylation is 1. The second-order valence-corrected chi connectivity index (χ2v) is 4.04. The lowest BCUT2D eigenvalue weighted by Gasteiger charge is -2.09. The molecule has 17 heavy (non-hydrogen) atoms. The Morgan fingerprint density at radius 3 is 2.88 bits per heavy atom. The largest absolute Gasteiger partial charge is 0.368 e. The first-order chi connectivity index (χ1) is 8.22.